The Hall–Kier alpha value is -4.48. The van der Waals surface area contributed by atoms with Crippen LogP contribution in [0.1, 0.15) is 84.3 Å². The van der Waals surface area contributed by atoms with Crippen LogP contribution in [0, 0.1) is 19.8 Å². The van der Waals surface area contributed by atoms with Crippen LogP contribution in [0.4, 0.5) is 0 Å². The minimum absolute atomic E-state index is 0.0351. The van der Waals surface area contributed by atoms with Crippen molar-refractivity contribution in [1.29, 1.82) is 0 Å². The number of hydrogen-bond donors (Lipinski definition) is 4. The number of fused-ring (bicyclic) bond motifs is 2. The Morgan fingerprint density at radius 2 is 1.73 bits per heavy atom. The molecule has 0 spiro atoms. The molecule has 12 heteroatoms. The van der Waals surface area contributed by atoms with Gasteiger partial charge in [0.05, 0.1) is 0 Å². The van der Waals surface area contributed by atoms with E-state index in [1.165, 1.54) is 0 Å². The van der Waals surface area contributed by atoms with E-state index < -0.39 is 35.8 Å². The van der Waals surface area contributed by atoms with E-state index in [4.69, 9.17) is 8.94 Å². The standard InChI is InChI=1S/C29H36N6O6/c1-15(2)22-29-34-23(18(5)40-29)28(39)31-16(3)25(36)30-14-10-9-13-20(26(37)33-22)32-27(38)21-17(4)41-35-24(21)19-11-7-6-8-12-19/h6-8,11-12,15-16,20,22H,9-10,13-14H2,1-5H3,(H,30,36)(H,31,39)(H,32,38)(H,33,37)/t16-,20+,22+/m1/s1. The van der Waals surface area contributed by atoms with E-state index in [1.54, 1.807) is 20.8 Å². The van der Waals surface area contributed by atoms with Crippen molar-refractivity contribution < 1.29 is 28.1 Å². The van der Waals surface area contributed by atoms with Gasteiger partial charge >= 0.3 is 0 Å². The zero-order chi connectivity index (χ0) is 29.7. The number of nitrogens with one attached hydrogen (secondary N) is 4. The molecule has 0 saturated carbocycles. The lowest BCUT2D eigenvalue weighted by Gasteiger charge is -2.24. The van der Waals surface area contributed by atoms with Gasteiger partial charge in [0.15, 0.2) is 5.69 Å². The summed E-state index contributed by atoms with van der Waals surface area (Å²) in [7, 11) is 0. The highest BCUT2D eigenvalue weighted by Crippen LogP contribution is 2.26. The molecule has 3 atom stereocenters. The Morgan fingerprint density at radius 1 is 1.00 bits per heavy atom. The number of amides is 4. The molecule has 218 valence electrons. The molecule has 1 aromatic carbocycles. The first-order valence-corrected chi connectivity index (χ1v) is 13.8. The molecule has 0 radical (unpaired) electrons. The summed E-state index contributed by atoms with van der Waals surface area (Å²) in [4.78, 5) is 56.9. The Kier molecular flexibility index (Phi) is 9.21. The molecule has 4 amide bonds. The molecule has 0 aliphatic carbocycles. The number of aromatic nitrogens is 2. The van der Waals surface area contributed by atoms with Crippen molar-refractivity contribution in [3.63, 3.8) is 0 Å². The number of aryl methyl sites for hydroxylation is 2. The van der Waals surface area contributed by atoms with Crippen molar-refractivity contribution in [1.82, 2.24) is 31.4 Å². The topological polar surface area (TPSA) is 168 Å². The van der Waals surface area contributed by atoms with Crippen LogP contribution in [0.3, 0.4) is 0 Å². The fraction of sp³-hybridized carbons (Fsp3) is 0.448. The zero-order valence-corrected chi connectivity index (χ0v) is 23.9. The number of carbonyl (C=O) groups is 4. The fourth-order valence-electron chi connectivity index (χ4n) is 4.63. The predicted molar refractivity (Wildman–Crippen MR) is 149 cm³/mol. The third kappa shape index (κ3) is 6.82. The van der Waals surface area contributed by atoms with Crippen molar-refractivity contribution in [2.45, 2.75) is 72.0 Å². The molecular weight excluding hydrogens is 528 g/mol. The molecule has 1 aliphatic heterocycles. The van der Waals surface area contributed by atoms with Gasteiger partial charge in [-0.3, -0.25) is 19.2 Å². The van der Waals surface area contributed by atoms with Crippen LogP contribution < -0.4 is 21.3 Å². The molecule has 2 bridgehead atoms. The van der Waals surface area contributed by atoms with Crippen molar-refractivity contribution in [2.24, 2.45) is 5.92 Å². The molecule has 12 nitrogen and oxygen atoms in total. The lowest BCUT2D eigenvalue weighted by molar-refractivity contribution is -0.124. The van der Waals surface area contributed by atoms with Crippen LogP contribution in [0.2, 0.25) is 0 Å². The van der Waals surface area contributed by atoms with Gasteiger partial charge in [-0.15, -0.1) is 0 Å². The van der Waals surface area contributed by atoms with Crippen LogP contribution in [-0.4, -0.2) is 52.4 Å². The lowest BCUT2D eigenvalue weighted by atomic mass is 10.0. The highest BCUT2D eigenvalue weighted by atomic mass is 16.5. The van der Waals surface area contributed by atoms with E-state index in [1.807, 2.05) is 44.2 Å². The molecule has 4 N–H and O–H groups in total. The van der Waals surface area contributed by atoms with Crippen LogP contribution in [-0.2, 0) is 9.59 Å². The van der Waals surface area contributed by atoms with Crippen molar-refractivity contribution in [3.8, 4) is 11.3 Å². The number of carbonyl (C=O) groups excluding carboxylic acids is 4. The van der Waals surface area contributed by atoms with Gasteiger partial charge in [-0.25, -0.2) is 4.98 Å². The number of nitrogens with zero attached hydrogens (tertiary/aromatic N) is 2. The highest BCUT2D eigenvalue weighted by Gasteiger charge is 2.32. The average Bonchev–Trinajstić information content (AvgIpc) is 3.52. The minimum atomic E-state index is -0.914. The Morgan fingerprint density at radius 3 is 2.44 bits per heavy atom. The zero-order valence-electron chi connectivity index (χ0n) is 23.9. The Balaban J connectivity index is 1.63. The van der Waals surface area contributed by atoms with E-state index in [2.05, 4.69) is 31.4 Å². The molecule has 3 heterocycles. The van der Waals surface area contributed by atoms with Gasteiger partial charge in [0.1, 0.15) is 40.9 Å². The fourth-order valence-corrected chi connectivity index (χ4v) is 4.63. The normalized spacial score (nSPS) is 20.7. The van der Waals surface area contributed by atoms with Crippen LogP contribution in [0.25, 0.3) is 11.3 Å². The second kappa shape index (κ2) is 12.8. The molecule has 3 aromatic rings. The minimum Gasteiger partial charge on any atom is -0.443 e. The summed E-state index contributed by atoms with van der Waals surface area (Å²) in [5, 5.41) is 15.3. The van der Waals surface area contributed by atoms with Gasteiger partial charge in [0, 0.05) is 12.1 Å². The first kappa shape index (κ1) is 29.5. The molecule has 1 aliphatic rings. The van der Waals surface area contributed by atoms with Crippen molar-refractivity contribution in [2.75, 3.05) is 6.54 Å². The molecule has 41 heavy (non-hydrogen) atoms. The van der Waals surface area contributed by atoms with Gasteiger partial charge in [0.2, 0.25) is 17.7 Å². The Bertz CT molecular complexity index is 1410. The van der Waals surface area contributed by atoms with E-state index in [0.29, 0.717) is 42.8 Å². The first-order valence-electron chi connectivity index (χ1n) is 13.8. The monoisotopic (exact) mass is 564 g/mol. The van der Waals surface area contributed by atoms with Gasteiger partial charge in [-0.05, 0) is 46.0 Å². The van der Waals surface area contributed by atoms with E-state index in [9.17, 15) is 19.2 Å². The summed E-state index contributed by atoms with van der Waals surface area (Å²) in [5.41, 5.74) is 1.37. The largest absolute Gasteiger partial charge is 0.443 e. The smallest absolute Gasteiger partial charge is 0.274 e. The SMILES string of the molecule is Cc1oc2nc1C(=O)N[C@H](C)C(=O)NCCCC[C@H](NC(=O)c1c(-c3ccccc3)noc1C)C(=O)N[C@H]2C(C)C. The summed E-state index contributed by atoms with van der Waals surface area (Å²) < 4.78 is 11.2. The predicted octanol–water partition coefficient (Wildman–Crippen LogP) is 2.98. The maximum Gasteiger partial charge on any atom is 0.274 e. The number of benzene rings is 1. The third-order valence-corrected chi connectivity index (χ3v) is 6.98. The van der Waals surface area contributed by atoms with Gasteiger partial charge < -0.3 is 30.2 Å². The summed E-state index contributed by atoms with van der Waals surface area (Å²) in [6.07, 6.45) is 1.40. The van der Waals surface area contributed by atoms with Gasteiger partial charge in [0.25, 0.3) is 11.8 Å². The quantitative estimate of drug-likeness (QED) is 0.375. The Labute approximate surface area is 238 Å². The summed E-state index contributed by atoms with van der Waals surface area (Å²) >= 11 is 0. The maximum absolute atomic E-state index is 13.6. The lowest BCUT2D eigenvalue weighted by Crippen LogP contribution is -2.49. The maximum atomic E-state index is 13.6. The summed E-state index contributed by atoms with van der Waals surface area (Å²) in [5.74, 6) is -1.23. The highest BCUT2D eigenvalue weighted by molar-refractivity contribution is 6.03. The van der Waals surface area contributed by atoms with E-state index >= 15 is 0 Å². The first-order chi connectivity index (χ1) is 19.6. The third-order valence-electron chi connectivity index (χ3n) is 6.98. The molecule has 4 rings (SSSR count). The average molecular weight is 565 g/mol. The second-order valence-electron chi connectivity index (χ2n) is 10.5. The summed E-state index contributed by atoms with van der Waals surface area (Å²) in [6.45, 7) is 8.94. The van der Waals surface area contributed by atoms with Gasteiger partial charge in [-0.1, -0.05) is 49.3 Å². The van der Waals surface area contributed by atoms with Crippen LogP contribution >= 0.6 is 0 Å². The molecule has 0 unspecified atom stereocenters. The second-order valence-corrected chi connectivity index (χ2v) is 10.5. The molecule has 2 aromatic heterocycles. The van der Waals surface area contributed by atoms with E-state index in [0.717, 1.165) is 0 Å². The number of oxazole rings is 1. The molecule has 0 saturated heterocycles. The molecular formula is C29H36N6O6. The van der Waals surface area contributed by atoms with Crippen molar-refractivity contribution >= 4 is 23.6 Å². The summed E-state index contributed by atoms with van der Waals surface area (Å²) in [6, 6.07) is 6.80. The van der Waals surface area contributed by atoms with E-state index in [-0.39, 0.29) is 34.7 Å². The molecule has 0 fully saturated rings. The van der Waals surface area contributed by atoms with Crippen molar-refractivity contribution in [3.05, 3.63) is 59.0 Å². The number of rotatable bonds is 4. The number of hydrogen-bond acceptors (Lipinski definition) is 8. The van der Waals surface area contributed by atoms with Crippen LogP contribution in [0.5, 0.6) is 0 Å². The van der Waals surface area contributed by atoms with Gasteiger partial charge in [-0.2, -0.15) is 0 Å². The van der Waals surface area contributed by atoms with Crippen LogP contribution in [0.15, 0.2) is 39.3 Å².